The largest absolute Gasteiger partial charge is 0.462 e. The molecule has 1 atom stereocenters. The van der Waals surface area contributed by atoms with Crippen molar-refractivity contribution in [1.82, 2.24) is 0 Å². The van der Waals surface area contributed by atoms with Gasteiger partial charge < -0.3 is 14.2 Å². The molecule has 0 aliphatic carbocycles. The van der Waals surface area contributed by atoms with Gasteiger partial charge in [0.2, 0.25) is 0 Å². The van der Waals surface area contributed by atoms with Gasteiger partial charge >= 0.3 is 17.9 Å². The quantitative estimate of drug-likeness (QED) is 0.0266. The fourth-order valence-corrected chi connectivity index (χ4v) is 6.24. The van der Waals surface area contributed by atoms with Gasteiger partial charge in [-0.05, 0) is 77.0 Å². The number of carbonyl (C=O) groups is 3. The highest BCUT2D eigenvalue weighted by Crippen LogP contribution is 2.14. The molecule has 0 aliphatic rings. The number of hydrogen-bond acceptors (Lipinski definition) is 6. The van der Waals surface area contributed by atoms with Crippen LogP contribution in [-0.2, 0) is 28.6 Å². The highest BCUT2D eigenvalue weighted by molar-refractivity contribution is 5.71. The van der Waals surface area contributed by atoms with Gasteiger partial charge in [-0.3, -0.25) is 14.4 Å². The summed E-state index contributed by atoms with van der Waals surface area (Å²) in [6.45, 7) is 6.43. The van der Waals surface area contributed by atoms with E-state index in [-0.39, 0.29) is 31.1 Å². The van der Waals surface area contributed by atoms with Crippen molar-refractivity contribution < 1.29 is 28.6 Å². The van der Waals surface area contributed by atoms with Gasteiger partial charge in [0.15, 0.2) is 6.10 Å². The van der Waals surface area contributed by atoms with Gasteiger partial charge in [-0.1, -0.05) is 184 Å². The summed E-state index contributed by atoms with van der Waals surface area (Å²) in [4.78, 5) is 37.8. The number of allylic oxidation sites excluding steroid dienone is 10. The molecule has 6 heteroatoms. The Kier molecular flexibility index (Phi) is 42.5. The van der Waals surface area contributed by atoms with Crippen molar-refractivity contribution in [2.24, 2.45) is 0 Å². The minimum absolute atomic E-state index is 0.0897. The monoisotopic (exact) mass is 783 g/mol. The summed E-state index contributed by atoms with van der Waals surface area (Å²) in [6.07, 6.45) is 53.4. The van der Waals surface area contributed by atoms with Crippen molar-refractivity contribution in [3.63, 3.8) is 0 Å². The van der Waals surface area contributed by atoms with Gasteiger partial charge in [0.1, 0.15) is 13.2 Å². The van der Waals surface area contributed by atoms with Gasteiger partial charge in [0.25, 0.3) is 0 Å². The Morgan fingerprint density at radius 2 is 0.714 bits per heavy atom. The summed E-state index contributed by atoms with van der Waals surface area (Å²) in [5.41, 5.74) is 0. The second-order valence-corrected chi connectivity index (χ2v) is 15.3. The predicted molar refractivity (Wildman–Crippen MR) is 238 cm³/mol. The number of carbonyl (C=O) groups excluding carboxylic acids is 3. The summed E-state index contributed by atoms with van der Waals surface area (Å²) >= 11 is 0. The van der Waals surface area contributed by atoms with Gasteiger partial charge in [0.05, 0.1) is 0 Å². The van der Waals surface area contributed by atoms with Crippen molar-refractivity contribution >= 4 is 17.9 Å². The lowest BCUT2D eigenvalue weighted by Gasteiger charge is -2.18. The molecular formula is C50H86O6. The van der Waals surface area contributed by atoms with Crippen LogP contribution in [-0.4, -0.2) is 37.2 Å². The van der Waals surface area contributed by atoms with Crippen molar-refractivity contribution in [1.29, 1.82) is 0 Å². The van der Waals surface area contributed by atoms with Gasteiger partial charge in [-0.25, -0.2) is 0 Å². The normalized spacial score (nSPS) is 12.6. The molecule has 0 spiro atoms. The fraction of sp³-hybridized carbons (Fsp3) is 0.740. The van der Waals surface area contributed by atoms with E-state index in [9.17, 15) is 14.4 Å². The lowest BCUT2D eigenvalue weighted by molar-refractivity contribution is -0.167. The Labute approximate surface area is 345 Å². The Bertz CT molecular complexity index is 1040. The van der Waals surface area contributed by atoms with E-state index in [0.717, 1.165) is 109 Å². The van der Waals surface area contributed by atoms with E-state index in [2.05, 4.69) is 81.5 Å². The van der Waals surface area contributed by atoms with Crippen LogP contribution in [0.2, 0.25) is 0 Å². The van der Waals surface area contributed by atoms with Crippen molar-refractivity contribution in [2.75, 3.05) is 13.2 Å². The lowest BCUT2D eigenvalue weighted by Crippen LogP contribution is -2.30. The first-order valence-corrected chi connectivity index (χ1v) is 23.3. The van der Waals surface area contributed by atoms with E-state index in [1.54, 1.807) is 0 Å². The van der Waals surface area contributed by atoms with Crippen LogP contribution in [0.5, 0.6) is 0 Å². The standard InChI is InChI=1S/C50H86O6/c1-4-7-10-13-16-19-22-24-26-28-31-34-37-40-43-49(52)55-46-47(45-54-48(51)42-39-36-33-30-27-21-18-15-12-9-6-3)56-50(53)44-41-38-35-32-29-25-23-20-17-14-11-8-5-2/h8,11,13,16-17,20,22,24-25,29,47H,4-7,9-10,12,14-15,18-19,21,23,26-28,30-46H2,1-3H3/b11-8-,16-13-,20-17-,24-22-,29-25-. The average molecular weight is 783 g/mol. The number of hydrogen-bond donors (Lipinski definition) is 0. The highest BCUT2D eigenvalue weighted by Gasteiger charge is 2.19. The second kappa shape index (κ2) is 44.8. The van der Waals surface area contributed by atoms with Crippen molar-refractivity contribution in [3.8, 4) is 0 Å². The first-order valence-electron chi connectivity index (χ1n) is 23.3. The molecule has 0 bridgehead atoms. The van der Waals surface area contributed by atoms with Crippen LogP contribution < -0.4 is 0 Å². The summed E-state index contributed by atoms with van der Waals surface area (Å²) in [5.74, 6) is -0.936. The maximum atomic E-state index is 12.7. The number of ether oxygens (including phenoxy) is 3. The van der Waals surface area contributed by atoms with Crippen LogP contribution in [0.25, 0.3) is 0 Å². The van der Waals surface area contributed by atoms with E-state index in [4.69, 9.17) is 14.2 Å². The lowest BCUT2D eigenvalue weighted by atomic mass is 10.1. The molecule has 0 amide bonds. The van der Waals surface area contributed by atoms with E-state index < -0.39 is 6.10 Å². The molecule has 6 nitrogen and oxygen atoms in total. The Balaban J connectivity index is 4.44. The van der Waals surface area contributed by atoms with Crippen LogP contribution in [0.15, 0.2) is 60.8 Å². The highest BCUT2D eigenvalue weighted by atomic mass is 16.6. The first kappa shape index (κ1) is 53.1. The zero-order valence-corrected chi connectivity index (χ0v) is 36.6. The molecule has 1 unspecified atom stereocenters. The molecular weight excluding hydrogens is 697 g/mol. The molecule has 0 heterocycles. The molecule has 0 aromatic carbocycles. The minimum Gasteiger partial charge on any atom is -0.462 e. The molecule has 0 aliphatic heterocycles. The molecule has 0 saturated carbocycles. The van der Waals surface area contributed by atoms with Gasteiger partial charge in [-0.2, -0.15) is 0 Å². The third-order valence-electron chi connectivity index (χ3n) is 9.76. The third-order valence-corrected chi connectivity index (χ3v) is 9.76. The molecule has 0 radical (unpaired) electrons. The SMILES string of the molecule is CC/C=C\C/C=C\C/C=C\CCCCCC(=O)OC(COC(=O)CCCCCCC/C=C\C/C=C\CCCC)COC(=O)CCCCCCCCCCCCC. The molecule has 0 N–H and O–H groups in total. The predicted octanol–water partition coefficient (Wildman–Crippen LogP) is 14.9. The van der Waals surface area contributed by atoms with Crippen molar-refractivity contribution in [2.45, 2.75) is 226 Å². The van der Waals surface area contributed by atoms with E-state index in [1.807, 2.05) is 0 Å². The van der Waals surface area contributed by atoms with Crippen LogP contribution in [0.1, 0.15) is 220 Å². The van der Waals surface area contributed by atoms with Crippen LogP contribution in [0, 0.1) is 0 Å². The van der Waals surface area contributed by atoms with Crippen LogP contribution in [0.4, 0.5) is 0 Å². The summed E-state index contributed by atoms with van der Waals surface area (Å²) in [7, 11) is 0. The topological polar surface area (TPSA) is 78.9 Å². The Morgan fingerprint density at radius 3 is 1.16 bits per heavy atom. The molecule has 0 fully saturated rings. The smallest absolute Gasteiger partial charge is 0.306 e. The minimum atomic E-state index is -0.791. The van der Waals surface area contributed by atoms with Gasteiger partial charge in [0, 0.05) is 19.3 Å². The Morgan fingerprint density at radius 1 is 0.375 bits per heavy atom. The molecule has 56 heavy (non-hydrogen) atoms. The van der Waals surface area contributed by atoms with Crippen LogP contribution >= 0.6 is 0 Å². The summed E-state index contributed by atoms with van der Waals surface area (Å²) in [6, 6.07) is 0. The first-order chi connectivity index (χ1) is 27.5. The summed E-state index contributed by atoms with van der Waals surface area (Å²) < 4.78 is 16.7. The number of esters is 3. The zero-order valence-electron chi connectivity index (χ0n) is 36.6. The van der Waals surface area contributed by atoms with Crippen molar-refractivity contribution in [3.05, 3.63) is 60.8 Å². The maximum absolute atomic E-state index is 12.7. The molecule has 0 aromatic heterocycles. The molecule has 0 rings (SSSR count). The number of rotatable bonds is 41. The van der Waals surface area contributed by atoms with Gasteiger partial charge in [-0.15, -0.1) is 0 Å². The van der Waals surface area contributed by atoms with E-state index >= 15 is 0 Å². The molecule has 0 aromatic rings. The average Bonchev–Trinajstić information content (AvgIpc) is 3.19. The zero-order chi connectivity index (χ0) is 40.8. The number of unbranched alkanes of at least 4 members (excludes halogenated alkanes) is 20. The second-order valence-electron chi connectivity index (χ2n) is 15.3. The fourth-order valence-electron chi connectivity index (χ4n) is 6.24. The molecule has 0 saturated heterocycles. The summed E-state index contributed by atoms with van der Waals surface area (Å²) in [5, 5.41) is 0. The van der Waals surface area contributed by atoms with E-state index in [1.165, 1.54) is 70.6 Å². The van der Waals surface area contributed by atoms with Crippen LogP contribution in [0.3, 0.4) is 0 Å². The van der Waals surface area contributed by atoms with E-state index in [0.29, 0.717) is 19.3 Å². The maximum Gasteiger partial charge on any atom is 0.306 e. The molecule has 322 valence electrons. The third kappa shape index (κ3) is 42.3. The Hall–Kier alpha value is -2.89.